The maximum atomic E-state index is 12.9. The molecule has 0 fully saturated rings. The van der Waals surface area contributed by atoms with Gasteiger partial charge in [-0.3, -0.25) is 0 Å². The summed E-state index contributed by atoms with van der Waals surface area (Å²) in [5.74, 6) is 0. The Morgan fingerprint density at radius 2 is 1.71 bits per heavy atom. The van der Waals surface area contributed by atoms with Crippen molar-refractivity contribution >= 4 is 15.9 Å². The molecule has 0 N–H and O–H groups in total. The average Bonchev–Trinajstić information content (AvgIpc) is 2.18. The van der Waals surface area contributed by atoms with Gasteiger partial charge in [0.2, 0.25) is 0 Å². The minimum Gasteiger partial charge on any atom is -0.236 e. The van der Waals surface area contributed by atoms with Crippen molar-refractivity contribution in [3.05, 3.63) is 27.5 Å². The highest BCUT2D eigenvalue weighted by Crippen LogP contribution is 2.35. The van der Waals surface area contributed by atoms with Crippen molar-refractivity contribution < 1.29 is 13.2 Å². The Hall–Kier alpha value is -0.580. The molecule has 0 atom stereocenters. The molecule has 1 aromatic rings. The van der Waals surface area contributed by atoms with Gasteiger partial charge in [-0.25, -0.2) is 4.98 Å². The minimum atomic E-state index is -4.35. The second-order valence-electron chi connectivity index (χ2n) is 4.34. The van der Waals surface area contributed by atoms with E-state index in [9.17, 15) is 13.2 Å². The molecule has 2 rings (SSSR count). The van der Waals surface area contributed by atoms with Gasteiger partial charge in [-0.1, -0.05) is 12.8 Å². The number of hydrogen-bond donors (Lipinski definition) is 0. The predicted octanol–water partition coefficient (Wildman–Crippen LogP) is 4.52. The van der Waals surface area contributed by atoms with Crippen LogP contribution >= 0.6 is 15.9 Å². The highest BCUT2D eigenvalue weighted by Gasteiger charge is 2.36. The van der Waals surface area contributed by atoms with E-state index in [1.165, 1.54) is 0 Å². The summed E-state index contributed by atoms with van der Waals surface area (Å²) < 4.78 is 39.0. The van der Waals surface area contributed by atoms with Crippen LogP contribution in [-0.2, 0) is 19.0 Å². The lowest BCUT2D eigenvalue weighted by atomic mass is 9.92. The number of rotatable bonds is 0. The molecule has 1 nitrogen and oxygen atoms in total. The fourth-order valence-electron chi connectivity index (χ4n) is 2.30. The van der Waals surface area contributed by atoms with Gasteiger partial charge in [0.25, 0.3) is 0 Å². The van der Waals surface area contributed by atoms with Gasteiger partial charge in [0.15, 0.2) is 0 Å². The maximum Gasteiger partial charge on any atom is 0.433 e. The first-order valence-corrected chi connectivity index (χ1v) is 6.53. The molecule has 0 spiro atoms. The van der Waals surface area contributed by atoms with Crippen molar-refractivity contribution in [2.75, 3.05) is 0 Å². The molecule has 1 aliphatic carbocycles. The summed E-state index contributed by atoms with van der Waals surface area (Å²) in [4.78, 5) is 3.62. The quantitative estimate of drug-likeness (QED) is 0.642. The maximum absolute atomic E-state index is 12.9. The van der Waals surface area contributed by atoms with E-state index < -0.39 is 11.9 Å². The highest BCUT2D eigenvalue weighted by molar-refractivity contribution is 9.10. The van der Waals surface area contributed by atoms with Gasteiger partial charge < -0.3 is 0 Å². The van der Waals surface area contributed by atoms with Crippen LogP contribution in [0.1, 0.15) is 42.5 Å². The first-order chi connectivity index (χ1) is 7.98. The third-order valence-electron chi connectivity index (χ3n) is 3.08. The van der Waals surface area contributed by atoms with Gasteiger partial charge in [-0.2, -0.15) is 13.2 Å². The van der Waals surface area contributed by atoms with Crippen LogP contribution in [0.5, 0.6) is 0 Å². The van der Waals surface area contributed by atoms with Gasteiger partial charge >= 0.3 is 6.18 Å². The minimum absolute atomic E-state index is 0.282. The summed E-state index contributed by atoms with van der Waals surface area (Å²) in [6.45, 7) is 0. The monoisotopic (exact) mass is 307 g/mol. The van der Waals surface area contributed by atoms with Crippen molar-refractivity contribution in [3.63, 3.8) is 0 Å². The lowest BCUT2D eigenvalue weighted by molar-refractivity contribution is -0.142. The highest BCUT2D eigenvalue weighted by atomic mass is 79.9. The Morgan fingerprint density at radius 1 is 1.06 bits per heavy atom. The zero-order valence-corrected chi connectivity index (χ0v) is 10.9. The van der Waals surface area contributed by atoms with Crippen molar-refractivity contribution in [2.24, 2.45) is 0 Å². The molecule has 17 heavy (non-hydrogen) atoms. The van der Waals surface area contributed by atoms with E-state index in [1.54, 1.807) is 6.07 Å². The largest absolute Gasteiger partial charge is 0.433 e. The van der Waals surface area contributed by atoms with Crippen LogP contribution in [0.2, 0.25) is 0 Å². The number of pyridine rings is 1. The average molecular weight is 308 g/mol. The second-order valence-corrected chi connectivity index (χ2v) is 5.16. The molecule has 94 valence electrons. The van der Waals surface area contributed by atoms with Crippen LogP contribution in [0.15, 0.2) is 10.7 Å². The molecule has 0 saturated carbocycles. The fraction of sp³-hybridized carbons (Fsp3) is 0.583. The summed E-state index contributed by atoms with van der Waals surface area (Å²) in [6.07, 6.45) is 0.741. The Balaban J connectivity index is 2.51. The molecule has 0 saturated heterocycles. The number of aryl methyl sites for hydroxylation is 1. The third kappa shape index (κ3) is 3.00. The molecule has 1 aliphatic rings. The van der Waals surface area contributed by atoms with Crippen molar-refractivity contribution in [1.29, 1.82) is 0 Å². The van der Waals surface area contributed by atoms with Crippen LogP contribution in [0, 0.1) is 0 Å². The molecule has 0 aromatic carbocycles. The fourth-order valence-corrected chi connectivity index (χ4v) is 2.75. The molecular formula is C12H13BrF3N. The SMILES string of the molecule is FC(F)(F)c1nc(Br)cc2c1CCCCCC2. The number of hydrogen-bond acceptors (Lipinski definition) is 1. The van der Waals surface area contributed by atoms with Crippen LogP contribution in [0.4, 0.5) is 13.2 Å². The van der Waals surface area contributed by atoms with Gasteiger partial charge in [0.1, 0.15) is 10.3 Å². The van der Waals surface area contributed by atoms with Crippen molar-refractivity contribution in [1.82, 2.24) is 4.98 Å². The molecular weight excluding hydrogens is 295 g/mol. The lowest BCUT2D eigenvalue weighted by Crippen LogP contribution is -2.15. The molecule has 0 radical (unpaired) electrons. The standard InChI is InChI=1S/C12H13BrF3N/c13-10-7-8-5-3-1-2-4-6-9(8)11(17-10)12(14,15)16/h7H,1-6H2. The summed E-state index contributed by atoms with van der Waals surface area (Å²) in [7, 11) is 0. The molecule has 0 amide bonds. The number of halogens is 4. The van der Waals surface area contributed by atoms with E-state index in [2.05, 4.69) is 20.9 Å². The predicted molar refractivity (Wildman–Crippen MR) is 62.8 cm³/mol. The molecule has 5 heteroatoms. The number of fused-ring (bicyclic) bond motifs is 1. The van der Waals surface area contributed by atoms with Gasteiger partial charge in [0.05, 0.1) is 0 Å². The normalized spacial score (nSPS) is 17.2. The Kier molecular flexibility index (Phi) is 3.76. The number of aromatic nitrogens is 1. The summed E-state index contributed by atoms with van der Waals surface area (Å²) in [5.41, 5.74) is 0.503. The van der Waals surface area contributed by atoms with E-state index in [1.807, 2.05) is 0 Å². The van der Waals surface area contributed by atoms with Crippen LogP contribution in [-0.4, -0.2) is 4.98 Å². The lowest BCUT2D eigenvalue weighted by Gasteiger charge is -2.18. The van der Waals surface area contributed by atoms with E-state index in [0.29, 0.717) is 12.0 Å². The van der Waals surface area contributed by atoms with Crippen molar-refractivity contribution in [2.45, 2.75) is 44.7 Å². The van der Waals surface area contributed by atoms with E-state index in [0.717, 1.165) is 37.7 Å². The number of alkyl halides is 3. The van der Waals surface area contributed by atoms with Crippen LogP contribution in [0.3, 0.4) is 0 Å². The van der Waals surface area contributed by atoms with Gasteiger partial charge in [-0.05, 0) is 58.8 Å². The smallest absolute Gasteiger partial charge is 0.236 e. The molecule has 0 unspecified atom stereocenters. The van der Waals surface area contributed by atoms with Gasteiger partial charge in [0, 0.05) is 0 Å². The van der Waals surface area contributed by atoms with E-state index in [-0.39, 0.29) is 4.60 Å². The Labute approximate surface area is 107 Å². The van der Waals surface area contributed by atoms with E-state index >= 15 is 0 Å². The first-order valence-electron chi connectivity index (χ1n) is 5.74. The van der Waals surface area contributed by atoms with Gasteiger partial charge in [-0.15, -0.1) is 0 Å². The summed E-state index contributed by atoms with van der Waals surface area (Å²) >= 11 is 3.07. The molecule has 0 bridgehead atoms. The van der Waals surface area contributed by atoms with Crippen molar-refractivity contribution in [3.8, 4) is 0 Å². The van der Waals surface area contributed by atoms with Crippen LogP contribution in [0.25, 0.3) is 0 Å². The van der Waals surface area contributed by atoms with E-state index in [4.69, 9.17) is 0 Å². The topological polar surface area (TPSA) is 12.9 Å². The zero-order chi connectivity index (χ0) is 12.5. The number of nitrogens with zero attached hydrogens (tertiary/aromatic N) is 1. The summed E-state index contributed by atoms with van der Waals surface area (Å²) in [6, 6.07) is 1.73. The zero-order valence-electron chi connectivity index (χ0n) is 9.28. The third-order valence-corrected chi connectivity index (χ3v) is 3.48. The summed E-state index contributed by atoms with van der Waals surface area (Å²) in [5, 5.41) is 0. The molecule has 1 heterocycles. The Morgan fingerprint density at radius 3 is 2.35 bits per heavy atom. The van der Waals surface area contributed by atoms with Crippen LogP contribution < -0.4 is 0 Å². The molecule has 1 aromatic heterocycles. The second kappa shape index (κ2) is 4.96. The molecule has 0 aliphatic heterocycles. The Bertz CT molecular complexity index is 415. The first kappa shape index (κ1) is 12.9.